The molecule has 0 aliphatic carbocycles. The van der Waals surface area contributed by atoms with Crippen molar-refractivity contribution in [2.75, 3.05) is 17.2 Å². The summed E-state index contributed by atoms with van der Waals surface area (Å²) < 4.78 is 15.1. The Balaban J connectivity index is 1.55. The first-order valence-corrected chi connectivity index (χ1v) is 9.56. The second kappa shape index (κ2) is 7.40. The molecule has 2 aromatic heterocycles. The van der Waals surface area contributed by atoms with Crippen LogP contribution in [-0.4, -0.2) is 43.5 Å². The van der Waals surface area contributed by atoms with Crippen LogP contribution in [0, 0.1) is 5.82 Å². The Labute approximate surface area is 171 Å². The summed E-state index contributed by atoms with van der Waals surface area (Å²) in [4.78, 5) is 9.27. The van der Waals surface area contributed by atoms with Crippen molar-refractivity contribution in [1.29, 1.82) is 0 Å². The van der Waals surface area contributed by atoms with E-state index in [0.29, 0.717) is 34.7 Å². The van der Waals surface area contributed by atoms with Gasteiger partial charge in [0.1, 0.15) is 17.5 Å². The monoisotopic (exact) mass is 404 g/mol. The summed E-state index contributed by atoms with van der Waals surface area (Å²) in [7, 11) is -1.60. The molecule has 8 nitrogen and oxygen atoms in total. The van der Waals surface area contributed by atoms with Crippen molar-refractivity contribution >= 4 is 35.1 Å². The number of benzene rings is 2. The van der Waals surface area contributed by atoms with Crippen molar-refractivity contribution < 1.29 is 14.4 Å². The smallest absolute Gasteiger partial charge is 0.423 e. The Bertz CT molecular complexity index is 1250. The Morgan fingerprint density at radius 1 is 1.17 bits per heavy atom. The van der Waals surface area contributed by atoms with E-state index < -0.39 is 7.12 Å². The van der Waals surface area contributed by atoms with E-state index in [1.54, 1.807) is 29.1 Å². The fourth-order valence-corrected chi connectivity index (χ4v) is 3.69. The SMILES string of the molecule is OB(O)c1cccc2c1cnn2-c1nc2c(c(NCc3cccc(F)c3)n1)CCN2. The number of anilines is 2. The summed E-state index contributed by atoms with van der Waals surface area (Å²) in [6, 6.07) is 11.6. The van der Waals surface area contributed by atoms with E-state index in [9.17, 15) is 14.4 Å². The third-order valence-corrected chi connectivity index (χ3v) is 5.13. The van der Waals surface area contributed by atoms with Crippen molar-refractivity contribution in [1.82, 2.24) is 19.7 Å². The fourth-order valence-electron chi connectivity index (χ4n) is 3.69. The van der Waals surface area contributed by atoms with Crippen LogP contribution in [0.3, 0.4) is 0 Å². The van der Waals surface area contributed by atoms with Crippen molar-refractivity contribution in [3.63, 3.8) is 0 Å². The van der Waals surface area contributed by atoms with E-state index in [0.717, 1.165) is 29.9 Å². The molecule has 1 aliphatic heterocycles. The molecular formula is C20H18BFN6O2. The highest BCUT2D eigenvalue weighted by molar-refractivity contribution is 6.61. The number of fused-ring (bicyclic) bond motifs is 2. The Hall–Kier alpha value is -3.50. The van der Waals surface area contributed by atoms with Crippen molar-refractivity contribution in [3.05, 3.63) is 65.6 Å². The van der Waals surface area contributed by atoms with E-state index in [2.05, 4.69) is 25.7 Å². The standard InChI is InChI=1S/C20H18BFN6O2/c22-13-4-1-3-12(9-13)10-24-19-14-7-8-23-18(14)26-20(27-19)28-17-6-2-5-16(21(29)30)15(17)11-25-28/h1-6,9,11,29-30H,7-8,10H2,(H2,23,24,26,27). The molecule has 4 N–H and O–H groups in total. The lowest BCUT2D eigenvalue weighted by molar-refractivity contribution is 0.426. The Morgan fingerprint density at radius 2 is 2.03 bits per heavy atom. The maximum Gasteiger partial charge on any atom is 0.489 e. The van der Waals surface area contributed by atoms with Gasteiger partial charge < -0.3 is 20.7 Å². The molecule has 30 heavy (non-hydrogen) atoms. The molecule has 0 amide bonds. The van der Waals surface area contributed by atoms with E-state index in [1.165, 1.54) is 12.1 Å². The van der Waals surface area contributed by atoms with Crippen molar-refractivity contribution in [3.8, 4) is 5.95 Å². The van der Waals surface area contributed by atoms with Gasteiger partial charge >= 0.3 is 7.12 Å². The van der Waals surface area contributed by atoms with Gasteiger partial charge in [0.05, 0.1) is 11.7 Å². The summed E-state index contributed by atoms with van der Waals surface area (Å²) >= 11 is 0. The molecule has 0 radical (unpaired) electrons. The van der Waals surface area contributed by atoms with Crippen LogP contribution in [0.25, 0.3) is 16.9 Å². The van der Waals surface area contributed by atoms with Gasteiger partial charge in [-0.25, -0.2) is 4.39 Å². The minimum atomic E-state index is -1.60. The van der Waals surface area contributed by atoms with Crippen LogP contribution in [0.1, 0.15) is 11.1 Å². The Kier molecular flexibility index (Phi) is 4.57. The second-order valence-corrected chi connectivity index (χ2v) is 7.07. The van der Waals surface area contributed by atoms with E-state index in [4.69, 9.17) is 0 Å². The zero-order valence-electron chi connectivity index (χ0n) is 15.9. The van der Waals surface area contributed by atoms with Crippen molar-refractivity contribution in [2.45, 2.75) is 13.0 Å². The third kappa shape index (κ3) is 3.25. The zero-order chi connectivity index (χ0) is 20.7. The molecule has 1 aliphatic rings. The number of hydrogen-bond donors (Lipinski definition) is 4. The van der Waals surface area contributed by atoms with Gasteiger partial charge in [-0.3, -0.25) is 0 Å². The number of aromatic nitrogens is 4. The van der Waals surface area contributed by atoms with Gasteiger partial charge in [0.15, 0.2) is 0 Å². The van der Waals surface area contributed by atoms with Crippen LogP contribution in [0.5, 0.6) is 0 Å². The highest BCUT2D eigenvalue weighted by atomic mass is 19.1. The highest BCUT2D eigenvalue weighted by Gasteiger charge is 2.22. The van der Waals surface area contributed by atoms with Gasteiger partial charge in [0.25, 0.3) is 5.95 Å². The molecule has 3 heterocycles. The average molecular weight is 404 g/mol. The summed E-state index contributed by atoms with van der Waals surface area (Å²) in [6.45, 7) is 1.17. The topological polar surface area (TPSA) is 108 Å². The summed E-state index contributed by atoms with van der Waals surface area (Å²) in [5.41, 5.74) is 2.80. The molecular weight excluding hydrogens is 386 g/mol. The van der Waals surface area contributed by atoms with E-state index >= 15 is 0 Å². The van der Waals surface area contributed by atoms with Gasteiger partial charge in [-0.05, 0) is 35.6 Å². The Morgan fingerprint density at radius 3 is 2.87 bits per heavy atom. The lowest BCUT2D eigenvalue weighted by atomic mass is 9.78. The summed E-state index contributed by atoms with van der Waals surface area (Å²) in [5, 5.41) is 30.7. The second-order valence-electron chi connectivity index (χ2n) is 7.07. The van der Waals surface area contributed by atoms with Crippen LogP contribution in [0.2, 0.25) is 0 Å². The van der Waals surface area contributed by atoms with Gasteiger partial charge in [0.2, 0.25) is 0 Å². The predicted molar refractivity (Wildman–Crippen MR) is 112 cm³/mol. The molecule has 0 saturated carbocycles. The molecule has 0 atom stereocenters. The number of nitrogens with one attached hydrogen (secondary N) is 2. The normalized spacial score (nSPS) is 12.6. The molecule has 0 unspecified atom stereocenters. The number of halogens is 1. The van der Waals surface area contributed by atoms with Crippen LogP contribution in [-0.2, 0) is 13.0 Å². The van der Waals surface area contributed by atoms with Gasteiger partial charge in [0, 0.05) is 24.0 Å². The summed E-state index contributed by atoms with van der Waals surface area (Å²) in [5.74, 6) is 1.45. The lowest BCUT2D eigenvalue weighted by Gasteiger charge is -2.12. The first-order chi connectivity index (χ1) is 14.6. The minimum absolute atomic E-state index is 0.283. The van der Waals surface area contributed by atoms with Crippen LogP contribution in [0.15, 0.2) is 48.7 Å². The van der Waals surface area contributed by atoms with Crippen LogP contribution >= 0.6 is 0 Å². The molecule has 2 aromatic carbocycles. The van der Waals surface area contributed by atoms with E-state index in [-0.39, 0.29) is 5.82 Å². The third-order valence-electron chi connectivity index (χ3n) is 5.13. The maximum absolute atomic E-state index is 13.5. The predicted octanol–water partition coefficient (Wildman–Crippen LogP) is 1.21. The fraction of sp³-hybridized carbons (Fsp3) is 0.150. The molecule has 0 spiro atoms. The van der Waals surface area contributed by atoms with Gasteiger partial charge in [-0.15, -0.1) is 0 Å². The molecule has 0 bridgehead atoms. The van der Waals surface area contributed by atoms with Gasteiger partial charge in [-0.2, -0.15) is 19.7 Å². The van der Waals surface area contributed by atoms with E-state index in [1.807, 2.05) is 12.1 Å². The van der Waals surface area contributed by atoms with Gasteiger partial charge in [-0.1, -0.05) is 24.3 Å². The van der Waals surface area contributed by atoms with Crippen LogP contribution < -0.4 is 16.1 Å². The largest absolute Gasteiger partial charge is 0.489 e. The number of nitrogens with zero attached hydrogens (tertiary/aromatic N) is 4. The molecule has 4 aromatic rings. The number of hydrogen-bond acceptors (Lipinski definition) is 7. The lowest BCUT2D eigenvalue weighted by Crippen LogP contribution is -2.30. The molecule has 5 rings (SSSR count). The highest BCUT2D eigenvalue weighted by Crippen LogP contribution is 2.28. The maximum atomic E-state index is 13.5. The molecule has 0 saturated heterocycles. The quantitative estimate of drug-likeness (QED) is 0.371. The molecule has 150 valence electrons. The number of rotatable bonds is 5. The summed E-state index contributed by atoms with van der Waals surface area (Å²) in [6.07, 6.45) is 2.34. The zero-order valence-corrected chi connectivity index (χ0v) is 15.9. The molecule has 0 fully saturated rings. The van der Waals surface area contributed by atoms with Crippen molar-refractivity contribution in [2.24, 2.45) is 0 Å². The average Bonchev–Trinajstić information content (AvgIpc) is 3.38. The first kappa shape index (κ1) is 18.5. The first-order valence-electron chi connectivity index (χ1n) is 9.56. The molecule has 10 heteroatoms. The van der Waals surface area contributed by atoms with Crippen LogP contribution in [0.4, 0.5) is 16.0 Å². The minimum Gasteiger partial charge on any atom is -0.423 e.